The molecule has 0 saturated carbocycles. The van der Waals surface area contributed by atoms with E-state index in [-0.39, 0.29) is 0 Å². The van der Waals surface area contributed by atoms with Gasteiger partial charge in [0, 0.05) is 31.9 Å². The minimum absolute atomic E-state index is 0.316. The number of benzene rings is 1. The Morgan fingerprint density at radius 2 is 1.95 bits per heavy atom. The van der Waals surface area contributed by atoms with Gasteiger partial charge in [0.1, 0.15) is 6.61 Å². The summed E-state index contributed by atoms with van der Waals surface area (Å²) >= 11 is 0. The average molecular weight is 284 g/mol. The van der Waals surface area contributed by atoms with Crippen LogP contribution in [0, 0.1) is 0 Å². The zero-order chi connectivity index (χ0) is 14.2. The van der Waals surface area contributed by atoms with E-state index in [4.69, 9.17) is 4.74 Å². The summed E-state index contributed by atoms with van der Waals surface area (Å²) in [6.45, 7) is 3.40. The Morgan fingerprint density at radius 3 is 2.70 bits per heavy atom. The van der Waals surface area contributed by atoms with Gasteiger partial charge in [0.2, 0.25) is 0 Å². The van der Waals surface area contributed by atoms with Crippen LogP contribution in [0.2, 0.25) is 0 Å². The predicted octanol–water partition coefficient (Wildman–Crippen LogP) is 2.66. The molecule has 0 unspecified atom stereocenters. The van der Waals surface area contributed by atoms with Crippen molar-refractivity contribution in [2.45, 2.75) is 25.8 Å². The highest BCUT2D eigenvalue weighted by Gasteiger charge is 2.14. The second kappa shape index (κ2) is 8.17. The van der Waals surface area contributed by atoms with E-state index in [1.165, 1.54) is 24.1 Å². The first-order valence-electron chi connectivity index (χ1n) is 7.17. The van der Waals surface area contributed by atoms with Crippen LogP contribution in [0.15, 0.2) is 24.3 Å². The predicted molar refractivity (Wildman–Crippen MR) is 76.4 cm³/mol. The van der Waals surface area contributed by atoms with Crippen molar-refractivity contribution in [3.63, 3.8) is 0 Å². The number of hydrogen-bond donors (Lipinski definition) is 1. The zero-order valence-corrected chi connectivity index (χ0v) is 11.7. The summed E-state index contributed by atoms with van der Waals surface area (Å²) in [4.78, 5) is 2.41. The van der Waals surface area contributed by atoms with E-state index >= 15 is 0 Å². The highest BCUT2D eigenvalue weighted by Crippen LogP contribution is 2.24. The Morgan fingerprint density at radius 1 is 1.20 bits per heavy atom. The second-order valence-corrected chi connectivity index (χ2v) is 4.97. The van der Waals surface area contributed by atoms with E-state index in [9.17, 15) is 8.78 Å². The van der Waals surface area contributed by atoms with Crippen LogP contribution in [0.1, 0.15) is 18.4 Å². The third-order valence-electron chi connectivity index (χ3n) is 3.42. The smallest absolute Gasteiger partial charge is 0.261 e. The fraction of sp³-hybridized carbons (Fsp3) is 0.600. The molecule has 0 atom stereocenters. The molecule has 0 aliphatic carbocycles. The molecule has 112 valence electrons. The molecule has 0 aromatic heterocycles. The Hall–Kier alpha value is -1.20. The van der Waals surface area contributed by atoms with Crippen LogP contribution in [0.3, 0.4) is 0 Å². The summed E-state index contributed by atoms with van der Waals surface area (Å²) in [7, 11) is 0. The van der Waals surface area contributed by atoms with Crippen molar-refractivity contribution in [1.82, 2.24) is 5.32 Å². The van der Waals surface area contributed by atoms with Crippen molar-refractivity contribution in [2.75, 3.05) is 37.7 Å². The standard InChI is InChI=1S/C15H22F2N2O/c16-15(17)12-20-10-7-18-11-13-5-1-2-6-14(13)19-8-3-4-9-19/h1-2,5-6,15,18H,3-4,7-12H2. The molecule has 0 amide bonds. The van der Waals surface area contributed by atoms with Crippen LogP contribution >= 0.6 is 0 Å². The maximum atomic E-state index is 11.9. The van der Waals surface area contributed by atoms with Gasteiger partial charge in [-0.2, -0.15) is 0 Å². The van der Waals surface area contributed by atoms with Gasteiger partial charge >= 0.3 is 0 Å². The number of rotatable bonds is 8. The molecule has 5 heteroatoms. The number of anilines is 1. The van der Waals surface area contributed by atoms with Gasteiger partial charge in [-0.1, -0.05) is 18.2 Å². The van der Waals surface area contributed by atoms with E-state index < -0.39 is 13.0 Å². The Balaban J connectivity index is 1.75. The summed E-state index contributed by atoms with van der Waals surface area (Å²) in [5.41, 5.74) is 2.54. The van der Waals surface area contributed by atoms with Gasteiger partial charge in [-0.15, -0.1) is 0 Å². The third-order valence-corrected chi connectivity index (χ3v) is 3.42. The fourth-order valence-electron chi connectivity index (χ4n) is 2.47. The normalized spacial score (nSPS) is 15.2. The average Bonchev–Trinajstić information content (AvgIpc) is 2.97. The van der Waals surface area contributed by atoms with Crippen molar-refractivity contribution in [3.8, 4) is 0 Å². The minimum atomic E-state index is -2.38. The topological polar surface area (TPSA) is 24.5 Å². The summed E-state index contributed by atoms with van der Waals surface area (Å²) < 4.78 is 28.6. The van der Waals surface area contributed by atoms with E-state index in [2.05, 4.69) is 28.4 Å². The van der Waals surface area contributed by atoms with E-state index in [0.717, 1.165) is 19.6 Å². The quantitative estimate of drug-likeness (QED) is 0.743. The first-order valence-corrected chi connectivity index (χ1v) is 7.17. The highest BCUT2D eigenvalue weighted by atomic mass is 19.3. The number of para-hydroxylation sites is 1. The van der Waals surface area contributed by atoms with Crippen LogP contribution in [0.25, 0.3) is 0 Å². The second-order valence-electron chi connectivity index (χ2n) is 4.97. The van der Waals surface area contributed by atoms with Gasteiger partial charge in [-0.05, 0) is 24.5 Å². The van der Waals surface area contributed by atoms with Crippen molar-refractivity contribution in [1.29, 1.82) is 0 Å². The molecule has 1 saturated heterocycles. The lowest BCUT2D eigenvalue weighted by atomic mass is 10.1. The van der Waals surface area contributed by atoms with Gasteiger partial charge in [0.15, 0.2) is 0 Å². The van der Waals surface area contributed by atoms with Crippen molar-refractivity contribution in [2.24, 2.45) is 0 Å². The number of halogens is 2. The molecule has 1 N–H and O–H groups in total. The summed E-state index contributed by atoms with van der Waals surface area (Å²) in [6, 6.07) is 8.35. The molecule has 3 nitrogen and oxygen atoms in total. The molecule has 1 aliphatic rings. The van der Waals surface area contributed by atoms with Crippen molar-refractivity contribution in [3.05, 3.63) is 29.8 Å². The molecule has 0 spiro atoms. The molecule has 1 aromatic carbocycles. The molecule has 1 aromatic rings. The van der Waals surface area contributed by atoms with Crippen LogP contribution in [-0.2, 0) is 11.3 Å². The van der Waals surface area contributed by atoms with Crippen LogP contribution in [-0.4, -0.2) is 39.3 Å². The van der Waals surface area contributed by atoms with Crippen LogP contribution < -0.4 is 10.2 Å². The molecule has 1 fully saturated rings. The van der Waals surface area contributed by atoms with E-state index in [0.29, 0.717) is 13.2 Å². The monoisotopic (exact) mass is 284 g/mol. The SMILES string of the molecule is FC(F)COCCNCc1ccccc1N1CCCC1. The lowest BCUT2D eigenvalue weighted by Crippen LogP contribution is -2.24. The molecule has 1 aliphatic heterocycles. The number of alkyl halides is 2. The van der Waals surface area contributed by atoms with E-state index in [1.807, 2.05) is 6.07 Å². The molecule has 2 rings (SSSR count). The maximum absolute atomic E-state index is 11.9. The Kier molecular flexibility index (Phi) is 6.21. The van der Waals surface area contributed by atoms with Gasteiger partial charge < -0.3 is 15.0 Å². The highest BCUT2D eigenvalue weighted by molar-refractivity contribution is 5.54. The lowest BCUT2D eigenvalue weighted by molar-refractivity contribution is 0.0187. The van der Waals surface area contributed by atoms with Gasteiger partial charge in [-0.3, -0.25) is 0 Å². The summed E-state index contributed by atoms with van der Waals surface area (Å²) in [5, 5.41) is 3.24. The van der Waals surface area contributed by atoms with Crippen LogP contribution in [0.5, 0.6) is 0 Å². The largest absolute Gasteiger partial charge is 0.374 e. The van der Waals surface area contributed by atoms with Crippen LogP contribution in [0.4, 0.5) is 14.5 Å². The fourth-order valence-corrected chi connectivity index (χ4v) is 2.47. The Labute approximate surface area is 118 Å². The first kappa shape index (κ1) is 15.2. The summed E-state index contributed by atoms with van der Waals surface area (Å²) in [6.07, 6.45) is 0.123. The third kappa shape index (κ3) is 4.72. The zero-order valence-electron chi connectivity index (χ0n) is 11.7. The summed E-state index contributed by atoms with van der Waals surface area (Å²) in [5.74, 6) is 0. The number of nitrogens with zero attached hydrogens (tertiary/aromatic N) is 1. The maximum Gasteiger partial charge on any atom is 0.261 e. The lowest BCUT2D eigenvalue weighted by Gasteiger charge is -2.21. The number of hydrogen-bond acceptors (Lipinski definition) is 3. The number of nitrogens with one attached hydrogen (secondary N) is 1. The molecule has 0 radical (unpaired) electrons. The molecule has 0 bridgehead atoms. The first-order chi connectivity index (χ1) is 9.77. The van der Waals surface area contributed by atoms with Gasteiger partial charge in [-0.25, -0.2) is 8.78 Å². The van der Waals surface area contributed by atoms with Crippen molar-refractivity contribution < 1.29 is 13.5 Å². The van der Waals surface area contributed by atoms with Gasteiger partial charge in [0.05, 0.1) is 6.61 Å². The molecule has 20 heavy (non-hydrogen) atoms. The number of ether oxygens (including phenoxy) is 1. The van der Waals surface area contributed by atoms with Gasteiger partial charge in [0.25, 0.3) is 6.43 Å². The Bertz CT molecular complexity index is 395. The van der Waals surface area contributed by atoms with Crippen molar-refractivity contribution >= 4 is 5.69 Å². The molecular weight excluding hydrogens is 262 g/mol. The minimum Gasteiger partial charge on any atom is -0.374 e. The van der Waals surface area contributed by atoms with E-state index in [1.54, 1.807) is 0 Å². The molecule has 1 heterocycles. The molecular formula is C15H22F2N2O.